The highest BCUT2D eigenvalue weighted by Crippen LogP contribution is 2.24. The summed E-state index contributed by atoms with van der Waals surface area (Å²) in [7, 11) is 1.30. The summed E-state index contributed by atoms with van der Waals surface area (Å²) in [5.74, 6) is -0.685. The lowest BCUT2D eigenvalue weighted by Gasteiger charge is -2.20. The number of nitrogens with zero attached hydrogens (tertiary/aromatic N) is 1. The van der Waals surface area contributed by atoms with Gasteiger partial charge in [-0.1, -0.05) is 6.07 Å². The van der Waals surface area contributed by atoms with E-state index in [-0.39, 0.29) is 17.7 Å². The molecule has 19 heavy (non-hydrogen) atoms. The fourth-order valence-electron chi connectivity index (χ4n) is 1.98. The van der Waals surface area contributed by atoms with Crippen LogP contribution in [0.1, 0.15) is 30.0 Å². The maximum atomic E-state index is 11.7. The van der Waals surface area contributed by atoms with E-state index in [2.05, 4.69) is 31.5 Å². The molecule has 1 aromatic heterocycles. The van der Waals surface area contributed by atoms with Crippen molar-refractivity contribution in [1.29, 1.82) is 0 Å². The minimum Gasteiger partial charge on any atom is -0.305 e. The van der Waals surface area contributed by atoms with Gasteiger partial charge in [0.1, 0.15) is 0 Å². The Bertz CT molecular complexity index is 467. The lowest BCUT2D eigenvalue weighted by molar-refractivity contribution is -0.134. The first kappa shape index (κ1) is 14.7. The van der Waals surface area contributed by atoms with E-state index in [1.165, 1.54) is 9.21 Å². The quantitative estimate of drug-likeness (QED) is 0.360. The average molecular weight is 392 g/mol. The molecule has 0 radical (unpaired) electrons. The molecular weight excluding hydrogens is 379 g/mol. The predicted molar refractivity (Wildman–Crippen MR) is 80.6 cm³/mol. The first-order valence-corrected chi connectivity index (χ1v) is 9.18. The average Bonchev–Trinajstić information content (AvgIpc) is 2.40. The van der Waals surface area contributed by atoms with Crippen LogP contribution in [0.3, 0.4) is 0 Å². The molecule has 0 aliphatic carbocycles. The number of amides is 2. The van der Waals surface area contributed by atoms with E-state index >= 15 is 0 Å². The summed E-state index contributed by atoms with van der Waals surface area (Å²) < 4.78 is 5.17. The van der Waals surface area contributed by atoms with E-state index in [1.54, 1.807) is 6.20 Å². The van der Waals surface area contributed by atoms with Crippen LogP contribution < -0.4 is 5.32 Å². The Balaban J connectivity index is 1.98. The number of hydrogen-bond donors (Lipinski definition) is 1. The van der Waals surface area contributed by atoms with Gasteiger partial charge < -0.3 is 4.18 Å². The molecule has 2 amide bonds. The Morgan fingerprint density at radius 3 is 2.95 bits per heavy atom. The van der Waals surface area contributed by atoms with Crippen molar-refractivity contribution in [3.8, 4) is 0 Å². The van der Waals surface area contributed by atoms with Gasteiger partial charge in [0.25, 0.3) is 0 Å². The topological polar surface area (TPSA) is 68.3 Å². The van der Waals surface area contributed by atoms with Crippen LogP contribution in [0, 0.1) is 0 Å². The highest BCUT2D eigenvalue weighted by molar-refractivity contribution is 14.2. The molecule has 102 valence electrons. The van der Waals surface area contributed by atoms with E-state index in [0.29, 0.717) is 19.4 Å². The van der Waals surface area contributed by atoms with Crippen LogP contribution in [0.2, 0.25) is 0 Å². The highest BCUT2D eigenvalue weighted by Gasteiger charge is 2.27. The van der Waals surface area contributed by atoms with Gasteiger partial charge in [0.2, 0.25) is 11.8 Å². The number of hydrogen-bond acceptors (Lipinski definition) is 5. The molecule has 1 saturated heterocycles. The molecule has 1 atom stereocenters. The zero-order valence-electron chi connectivity index (χ0n) is 10.1. The molecule has 0 spiro atoms. The van der Waals surface area contributed by atoms with Crippen molar-refractivity contribution in [3.63, 3.8) is 0 Å². The van der Waals surface area contributed by atoms with Crippen molar-refractivity contribution in [3.05, 3.63) is 29.6 Å². The second-order valence-electron chi connectivity index (χ2n) is 4.22. The van der Waals surface area contributed by atoms with Gasteiger partial charge in [0.15, 0.2) is 0 Å². The van der Waals surface area contributed by atoms with Crippen molar-refractivity contribution in [2.24, 2.45) is 0 Å². The molecule has 1 aromatic rings. The van der Waals surface area contributed by atoms with Crippen LogP contribution in [0.5, 0.6) is 0 Å². The zero-order valence-corrected chi connectivity index (χ0v) is 13.1. The number of aromatic nitrogens is 1. The molecule has 1 N–H and O–H groups in total. The Morgan fingerprint density at radius 2 is 2.32 bits per heavy atom. The minimum absolute atomic E-state index is 0.195. The lowest BCUT2D eigenvalue weighted by Crippen LogP contribution is -2.39. The molecule has 2 rings (SSSR count). The second kappa shape index (κ2) is 7.20. The highest BCUT2D eigenvalue weighted by atomic mass is 127. The van der Waals surface area contributed by atoms with Crippen LogP contribution in [0.15, 0.2) is 18.3 Å². The van der Waals surface area contributed by atoms with E-state index in [1.807, 2.05) is 12.1 Å². The number of nitrogens with one attached hydrogen (secondary N) is 1. The summed E-state index contributed by atoms with van der Waals surface area (Å²) in [4.78, 5) is 27.1. The summed E-state index contributed by atoms with van der Waals surface area (Å²) in [5, 5.41) is 2.36. The zero-order chi connectivity index (χ0) is 13.7. The molecule has 1 aliphatic rings. The van der Waals surface area contributed by atoms with Gasteiger partial charge in [-0.2, -0.15) is 0 Å². The van der Waals surface area contributed by atoms with Gasteiger partial charge >= 0.3 is 0 Å². The van der Waals surface area contributed by atoms with Gasteiger partial charge in [-0.05, 0) is 18.1 Å². The molecule has 0 aromatic carbocycles. The number of carbonyl (C=O) groups excluding carboxylic acids is 2. The summed E-state index contributed by atoms with van der Waals surface area (Å²) in [6.45, 7) is 0.609. The predicted octanol–water partition coefficient (Wildman–Crippen LogP) is 2.16. The fraction of sp³-hybridized carbons (Fsp3) is 0.417. The summed E-state index contributed by atoms with van der Waals surface area (Å²) in [5.41, 5.74) is 1.79. The number of pyridine rings is 1. The Hall–Kier alpha value is -0.670. The smallest absolute Gasteiger partial charge is 0.234 e. The van der Waals surface area contributed by atoms with Crippen LogP contribution in [0.25, 0.3) is 0 Å². The Morgan fingerprint density at radius 1 is 1.47 bits per heavy atom. The Kier molecular flexibility index (Phi) is 5.59. The standard InChI is InChI=1S/C12H13IN2O3S/c13-19-18-6-5-9-2-1-8(7-14-9)10-3-4-11(16)15-12(10)17/h1-2,7,10H,3-6H2,(H,15,16,17). The first-order chi connectivity index (χ1) is 9.20. The maximum Gasteiger partial charge on any atom is 0.234 e. The second-order valence-corrected chi connectivity index (χ2v) is 5.66. The van der Waals surface area contributed by atoms with Crippen molar-refractivity contribution in [2.45, 2.75) is 25.2 Å². The fourth-order valence-corrected chi connectivity index (χ4v) is 2.66. The summed E-state index contributed by atoms with van der Waals surface area (Å²) in [6.07, 6.45) is 3.40. The van der Waals surface area contributed by atoms with Gasteiger partial charge in [-0.25, -0.2) is 0 Å². The molecule has 5 nitrogen and oxygen atoms in total. The lowest BCUT2D eigenvalue weighted by atomic mass is 9.91. The molecule has 1 aliphatic heterocycles. The van der Waals surface area contributed by atoms with E-state index in [9.17, 15) is 9.59 Å². The van der Waals surface area contributed by atoms with Crippen LogP contribution in [-0.2, 0) is 20.2 Å². The maximum absolute atomic E-state index is 11.7. The van der Waals surface area contributed by atoms with Crippen molar-refractivity contribution >= 4 is 42.2 Å². The minimum atomic E-state index is -0.264. The summed E-state index contributed by atoms with van der Waals surface area (Å²) in [6, 6.07) is 3.81. The monoisotopic (exact) mass is 392 g/mol. The number of rotatable bonds is 5. The van der Waals surface area contributed by atoms with E-state index in [4.69, 9.17) is 4.18 Å². The third-order valence-corrected chi connectivity index (χ3v) is 3.99. The van der Waals surface area contributed by atoms with Gasteiger partial charge in [0.05, 0.1) is 21.7 Å². The van der Waals surface area contributed by atoms with Crippen LogP contribution in [-0.4, -0.2) is 23.4 Å². The molecular formula is C12H13IN2O3S. The van der Waals surface area contributed by atoms with E-state index in [0.717, 1.165) is 17.7 Å². The number of carbonyl (C=O) groups is 2. The third kappa shape index (κ3) is 4.15. The number of halogens is 1. The van der Waals surface area contributed by atoms with E-state index < -0.39 is 0 Å². The van der Waals surface area contributed by atoms with Crippen molar-refractivity contribution in [1.82, 2.24) is 10.3 Å². The van der Waals surface area contributed by atoms with Crippen LogP contribution >= 0.6 is 30.4 Å². The molecule has 0 saturated carbocycles. The van der Waals surface area contributed by atoms with Gasteiger partial charge in [-0.15, -0.1) is 0 Å². The van der Waals surface area contributed by atoms with Gasteiger partial charge in [0, 0.05) is 45.9 Å². The van der Waals surface area contributed by atoms with Gasteiger partial charge in [-0.3, -0.25) is 19.9 Å². The molecule has 1 fully saturated rings. The first-order valence-electron chi connectivity index (χ1n) is 5.89. The normalized spacial score (nSPS) is 19.3. The molecule has 7 heteroatoms. The SMILES string of the molecule is O=C1CCC(c2ccc(CCOSI)nc2)C(=O)N1. The molecule has 0 bridgehead atoms. The number of imide groups is 1. The molecule has 2 heterocycles. The van der Waals surface area contributed by atoms with Crippen molar-refractivity contribution < 1.29 is 13.8 Å². The Labute approximate surface area is 127 Å². The third-order valence-electron chi connectivity index (χ3n) is 2.98. The number of piperidine rings is 1. The summed E-state index contributed by atoms with van der Waals surface area (Å²) >= 11 is 2.07. The molecule has 1 unspecified atom stereocenters. The van der Waals surface area contributed by atoms with Crippen LogP contribution in [0.4, 0.5) is 0 Å². The van der Waals surface area contributed by atoms with Crippen molar-refractivity contribution in [2.75, 3.05) is 6.61 Å². The largest absolute Gasteiger partial charge is 0.305 e.